The van der Waals surface area contributed by atoms with Gasteiger partial charge in [-0.25, -0.2) is 0 Å². The Morgan fingerprint density at radius 3 is 1.58 bits per heavy atom. The third kappa shape index (κ3) is 7.66. The maximum absolute atomic E-state index is 15.0. The average Bonchev–Trinajstić information content (AvgIpc) is 3.79. The number of esters is 1. The van der Waals surface area contributed by atoms with E-state index in [-0.39, 0.29) is 22.3 Å². The highest BCUT2D eigenvalue weighted by molar-refractivity contribution is 7.00. The van der Waals surface area contributed by atoms with Gasteiger partial charge in [-0.05, 0) is 54.9 Å². The number of fused-ring (bicyclic) bond motifs is 1. The standard InChI is InChI=1S/C53H62O7Si2/c1-50(2,3)61(42-22-13-9-14-23-42,43-24-15-10-16-25-43)59-37-35-52-46(30-21-36-58-39-40-31-33-41(56-7)34-32-40)53(52,49(55)57-8)47(54)38-48(52)60-62(51(4,5)6,44-26-17-11-18-27-44)45-28-19-12-20-29-45/h9-34,46,48H,35-39H2,1-8H3/b30-21+/t46-,48?,52+,53-/m0/s1. The quantitative estimate of drug-likeness (QED) is 0.0306. The van der Waals surface area contributed by atoms with Crippen molar-refractivity contribution in [3.8, 4) is 5.75 Å². The number of rotatable bonds is 17. The molecule has 7 rings (SSSR count). The molecule has 1 unspecified atom stereocenters. The lowest BCUT2D eigenvalue weighted by molar-refractivity contribution is -0.152. The van der Waals surface area contributed by atoms with Gasteiger partial charge in [-0.1, -0.05) is 187 Å². The second kappa shape index (κ2) is 18.1. The van der Waals surface area contributed by atoms with Crippen LogP contribution in [0.1, 0.15) is 59.9 Å². The summed E-state index contributed by atoms with van der Waals surface area (Å²) in [5, 5.41) is 3.92. The summed E-state index contributed by atoms with van der Waals surface area (Å²) < 4.78 is 32.6. The molecule has 2 saturated carbocycles. The van der Waals surface area contributed by atoms with Crippen LogP contribution >= 0.6 is 0 Å². The van der Waals surface area contributed by atoms with Crippen molar-refractivity contribution in [1.29, 1.82) is 0 Å². The Kier molecular flexibility index (Phi) is 13.1. The van der Waals surface area contributed by atoms with Gasteiger partial charge in [0, 0.05) is 24.4 Å². The number of allylic oxidation sites excluding steroid dienone is 1. The van der Waals surface area contributed by atoms with Gasteiger partial charge in [0.05, 0.1) is 33.5 Å². The van der Waals surface area contributed by atoms with Crippen LogP contribution in [0.15, 0.2) is 158 Å². The van der Waals surface area contributed by atoms with Crippen LogP contribution in [0, 0.1) is 16.7 Å². The van der Waals surface area contributed by atoms with E-state index in [1.165, 1.54) is 17.5 Å². The van der Waals surface area contributed by atoms with Crippen LogP contribution in [-0.2, 0) is 34.5 Å². The first-order valence-corrected chi connectivity index (χ1v) is 25.6. The lowest BCUT2D eigenvalue weighted by Gasteiger charge is -2.46. The zero-order valence-electron chi connectivity index (χ0n) is 37.6. The van der Waals surface area contributed by atoms with Gasteiger partial charge in [-0.2, -0.15) is 0 Å². The molecule has 0 bridgehead atoms. The molecule has 0 saturated heterocycles. The normalized spacial score (nSPS) is 21.5. The number of Topliss-reactive ketones (excluding diaryl/α,β-unsaturated/α-hetero) is 1. The van der Waals surface area contributed by atoms with E-state index in [0.29, 0.717) is 26.2 Å². The van der Waals surface area contributed by atoms with Gasteiger partial charge in [0.2, 0.25) is 0 Å². The van der Waals surface area contributed by atoms with Gasteiger partial charge in [-0.15, -0.1) is 0 Å². The smallest absolute Gasteiger partial charge is 0.320 e. The summed E-state index contributed by atoms with van der Waals surface area (Å²) in [6.45, 7) is 14.5. The van der Waals surface area contributed by atoms with E-state index in [4.69, 9.17) is 23.1 Å². The molecule has 62 heavy (non-hydrogen) atoms. The Balaban J connectivity index is 1.33. The first-order chi connectivity index (χ1) is 29.7. The minimum atomic E-state index is -3.21. The molecule has 7 nitrogen and oxygen atoms in total. The van der Waals surface area contributed by atoms with Crippen molar-refractivity contribution >= 4 is 49.1 Å². The number of ether oxygens (including phenoxy) is 3. The van der Waals surface area contributed by atoms with Gasteiger partial charge < -0.3 is 23.1 Å². The Morgan fingerprint density at radius 1 is 0.677 bits per heavy atom. The van der Waals surface area contributed by atoms with Gasteiger partial charge in [-0.3, -0.25) is 9.59 Å². The largest absolute Gasteiger partial charge is 0.497 e. The Morgan fingerprint density at radius 2 is 1.15 bits per heavy atom. The maximum atomic E-state index is 15.0. The van der Waals surface area contributed by atoms with Crippen molar-refractivity contribution in [2.24, 2.45) is 16.7 Å². The molecule has 9 heteroatoms. The number of carbonyl (C=O) groups is 2. The summed E-state index contributed by atoms with van der Waals surface area (Å²) in [4.78, 5) is 29.5. The van der Waals surface area contributed by atoms with Crippen molar-refractivity contribution in [2.75, 3.05) is 27.4 Å². The monoisotopic (exact) mass is 866 g/mol. The van der Waals surface area contributed by atoms with Crippen molar-refractivity contribution < 1.29 is 32.7 Å². The molecule has 0 heterocycles. The summed E-state index contributed by atoms with van der Waals surface area (Å²) in [6.07, 6.45) is 3.86. The molecule has 324 valence electrons. The fraction of sp³-hybridized carbons (Fsp3) is 0.358. The second-order valence-electron chi connectivity index (χ2n) is 18.8. The van der Waals surface area contributed by atoms with Crippen LogP contribution < -0.4 is 25.5 Å². The molecule has 5 aromatic rings. The highest BCUT2D eigenvalue weighted by Gasteiger charge is 2.89. The molecule has 0 aliphatic heterocycles. The Bertz CT molecular complexity index is 2230. The minimum absolute atomic E-state index is 0.0944. The van der Waals surface area contributed by atoms with Gasteiger partial charge in [0.25, 0.3) is 16.6 Å². The number of hydrogen-bond donors (Lipinski definition) is 0. The molecule has 2 aliphatic carbocycles. The number of hydrogen-bond acceptors (Lipinski definition) is 7. The fourth-order valence-electron chi connectivity index (χ4n) is 10.8. The zero-order chi connectivity index (χ0) is 44.2. The van der Waals surface area contributed by atoms with Crippen LogP contribution in [0.3, 0.4) is 0 Å². The van der Waals surface area contributed by atoms with Gasteiger partial charge in [0.15, 0.2) is 5.78 Å². The van der Waals surface area contributed by atoms with E-state index >= 15 is 0 Å². The van der Waals surface area contributed by atoms with E-state index in [1.807, 2.05) is 60.7 Å². The van der Waals surface area contributed by atoms with Crippen molar-refractivity contribution in [3.05, 3.63) is 163 Å². The van der Waals surface area contributed by atoms with Crippen LogP contribution in [0.25, 0.3) is 0 Å². The van der Waals surface area contributed by atoms with E-state index in [9.17, 15) is 9.59 Å². The van der Waals surface area contributed by atoms with Crippen LogP contribution in [0.5, 0.6) is 5.75 Å². The first kappa shape index (κ1) is 45.1. The molecule has 2 fully saturated rings. The van der Waals surface area contributed by atoms with Crippen LogP contribution in [0.2, 0.25) is 10.1 Å². The lowest BCUT2D eigenvalue weighted by Crippen LogP contribution is -2.68. The molecule has 4 atom stereocenters. The summed E-state index contributed by atoms with van der Waals surface area (Å²) >= 11 is 0. The predicted octanol–water partition coefficient (Wildman–Crippen LogP) is 8.43. The highest BCUT2D eigenvalue weighted by Crippen LogP contribution is 2.79. The summed E-state index contributed by atoms with van der Waals surface area (Å²) in [6, 6.07) is 49.9. The number of methoxy groups -OCH3 is 2. The molecule has 0 amide bonds. The molecule has 5 aromatic carbocycles. The predicted molar refractivity (Wildman–Crippen MR) is 252 cm³/mol. The summed E-state index contributed by atoms with van der Waals surface area (Å²) in [5.74, 6) is -0.383. The first-order valence-electron chi connectivity index (χ1n) is 21.8. The topological polar surface area (TPSA) is 80.3 Å². The highest BCUT2D eigenvalue weighted by atomic mass is 28.4. The van der Waals surface area contributed by atoms with Crippen LogP contribution in [-0.4, -0.2) is 61.9 Å². The number of ketones is 1. The fourth-order valence-corrected chi connectivity index (χ4v) is 20.1. The molecular weight excluding hydrogens is 805 g/mol. The zero-order valence-corrected chi connectivity index (χ0v) is 39.6. The summed E-state index contributed by atoms with van der Waals surface area (Å²) in [5.41, 5.74) is -1.39. The van der Waals surface area contributed by atoms with Gasteiger partial charge >= 0.3 is 5.97 Å². The van der Waals surface area contributed by atoms with Crippen LogP contribution in [0.4, 0.5) is 0 Å². The number of carbonyl (C=O) groups excluding carboxylic acids is 2. The molecule has 0 radical (unpaired) electrons. The lowest BCUT2D eigenvalue weighted by atomic mass is 9.91. The van der Waals surface area contributed by atoms with E-state index in [1.54, 1.807) is 7.11 Å². The average molecular weight is 867 g/mol. The van der Waals surface area contributed by atoms with E-state index in [2.05, 4.69) is 139 Å². The SMILES string of the molecule is COC(=O)[C@]12C(=O)CC(O[Si](c3ccccc3)(c3ccccc3)C(C)(C)C)[C@@]1(CCO[Si](c1ccccc1)(c1ccccc1)C(C)(C)C)[C@@H]2/C=C/COCc1ccc(OC)cc1. The third-order valence-electron chi connectivity index (χ3n) is 13.5. The minimum Gasteiger partial charge on any atom is -0.497 e. The second-order valence-corrected chi connectivity index (χ2v) is 27.3. The van der Waals surface area contributed by atoms with E-state index in [0.717, 1.165) is 21.7 Å². The van der Waals surface area contributed by atoms with E-state index < -0.39 is 45.5 Å². The molecule has 2 aliphatic rings. The molecular formula is C53H62O7Si2. The van der Waals surface area contributed by atoms with Crippen molar-refractivity contribution in [3.63, 3.8) is 0 Å². The van der Waals surface area contributed by atoms with Crippen molar-refractivity contribution in [1.82, 2.24) is 0 Å². The van der Waals surface area contributed by atoms with Crippen molar-refractivity contribution in [2.45, 2.75) is 77.2 Å². The number of benzene rings is 5. The van der Waals surface area contributed by atoms with Gasteiger partial charge in [0.1, 0.15) is 11.2 Å². The molecule has 0 spiro atoms. The summed E-state index contributed by atoms with van der Waals surface area (Å²) in [7, 11) is -3.16. The molecule has 0 aromatic heterocycles. The Labute approximate surface area is 370 Å². The third-order valence-corrected chi connectivity index (χ3v) is 23.6. The molecule has 0 N–H and O–H groups in total. The maximum Gasteiger partial charge on any atom is 0.320 e. The Hall–Kier alpha value is -4.91.